The van der Waals surface area contributed by atoms with E-state index in [1.165, 1.54) is 34.4 Å². The lowest BCUT2D eigenvalue weighted by atomic mass is 9.96. The average Bonchev–Trinajstić information content (AvgIpc) is 2.97. The molecular weight excluding hydrogens is 491 g/mol. The number of imide groups is 1. The first-order chi connectivity index (χ1) is 20.0. The highest BCUT2D eigenvalue weighted by Gasteiger charge is 2.27. The molecule has 4 aromatic carbocycles. The smallest absolute Gasteiger partial charge is 0.234 e. The zero-order chi connectivity index (χ0) is 30.0. The minimum absolute atomic E-state index is 0.0711. The Balaban J connectivity index is 0.000000175. The van der Waals surface area contributed by atoms with E-state index in [1.807, 2.05) is 6.07 Å². The van der Waals surface area contributed by atoms with Crippen LogP contribution in [-0.4, -0.2) is 17.7 Å². The summed E-state index contributed by atoms with van der Waals surface area (Å²) in [5.41, 5.74) is 8.52. The molecule has 4 aromatic rings. The van der Waals surface area contributed by atoms with E-state index in [4.69, 9.17) is 4.11 Å². The van der Waals surface area contributed by atoms with Crippen molar-refractivity contribution in [3.05, 3.63) is 107 Å². The third kappa shape index (κ3) is 5.80. The van der Waals surface area contributed by atoms with Gasteiger partial charge in [-0.05, 0) is 89.5 Å². The maximum atomic E-state index is 13.0. The molecular formula is C33H29FN2O3. The molecule has 0 aliphatic carbocycles. The molecule has 0 aromatic heterocycles. The highest BCUT2D eigenvalue weighted by atomic mass is 19.1. The highest BCUT2D eigenvalue weighted by molar-refractivity contribution is 6.15. The van der Waals surface area contributed by atoms with Gasteiger partial charge in [-0.2, -0.15) is 0 Å². The number of aryl methyl sites for hydroxylation is 3. The van der Waals surface area contributed by atoms with E-state index in [2.05, 4.69) is 48.6 Å². The van der Waals surface area contributed by atoms with Gasteiger partial charge in [0.15, 0.2) is 0 Å². The Kier molecular flexibility index (Phi) is 6.34. The van der Waals surface area contributed by atoms with E-state index < -0.39 is 18.7 Å². The normalized spacial score (nSPS) is 15.4. The van der Waals surface area contributed by atoms with Crippen molar-refractivity contribution < 1.29 is 22.9 Å². The van der Waals surface area contributed by atoms with Crippen LogP contribution in [0.3, 0.4) is 0 Å². The van der Waals surface area contributed by atoms with Gasteiger partial charge in [-0.15, -0.1) is 0 Å². The first-order valence-corrected chi connectivity index (χ1v) is 12.8. The summed E-state index contributed by atoms with van der Waals surface area (Å²) in [7, 11) is 0. The van der Waals surface area contributed by atoms with E-state index in [-0.39, 0.29) is 18.1 Å². The average molecular weight is 524 g/mol. The number of nitrogens with zero attached hydrogens (tertiary/aromatic N) is 1. The lowest BCUT2D eigenvalue weighted by molar-refractivity contribution is -0.125. The minimum atomic E-state index is -2.88. The predicted molar refractivity (Wildman–Crippen MR) is 152 cm³/mol. The lowest BCUT2D eigenvalue weighted by Crippen LogP contribution is -2.38. The zero-order valence-corrected chi connectivity index (χ0v) is 21.5. The van der Waals surface area contributed by atoms with Crippen LogP contribution >= 0.6 is 0 Å². The van der Waals surface area contributed by atoms with Gasteiger partial charge < -0.3 is 5.32 Å². The number of rotatable bonds is 2. The van der Waals surface area contributed by atoms with Gasteiger partial charge in [0.1, 0.15) is 5.82 Å². The molecule has 0 radical (unpaired) electrons. The van der Waals surface area contributed by atoms with Crippen molar-refractivity contribution in [3.8, 4) is 22.3 Å². The number of nitrogens with one attached hydrogen (secondary N) is 1. The third-order valence-corrected chi connectivity index (χ3v) is 6.94. The minimum Gasteiger partial charge on any atom is -0.326 e. The van der Waals surface area contributed by atoms with E-state index in [0.29, 0.717) is 24.1 Å². The molecule has 0 saturated heterocycles. The Labute approximate surface area is 231 Å². The number of anilines is 2. The number of hydrogen-bond acceptors (Lipinski definition) is 3. The van der Waals surface area contributed by atoms with Crippen LogP contribution in [0, 0.1) is 12.7 Å². The summed E-state index contributed by atoms with van der Waals surface area (Å²) in [6, 6.07) is 25.8. The highest BCUT2D eigenvalue weighted by Crippen LogP contribution is 2.32. The van der Waals surface area contributed by atoms with E-state index in [0.717, 1.165) is 28.1 Å². The van der Waals surface area contributed by atoms with Gasteiger partial charge >= 0.3 is 0 Å². The first kappa shape index (κ1) is 22.4. The van der Waals surface area contributed by atoms with Gasteiger partial charge in [0, 0.05) is 29.5 Å². The van der Waals surface area contributed by atoms with Crippen molar-refractivity contribution in [2.45, 2.75) is 39.5 Å². The topological polar surface area (TPSA) is 66.5 Å². The van der Waals surface area contributed by atoms with E-state index in [9.17, 15) is 18.8 Å². The molecule has 6 rings (SSSR count). The summed E-state index contributed by atoms with van der Waals surface area (Å²) >= 11 is 0. The molecule has 6 heteroatoms. The van der Waals surface area contributed by atoms with Crippen LogP contribution in [-0.2, 0) is 27.2 Å². The van der Waals surface area contributed by atoms with Crippen molar-refractivity contribution >= 4 is 29.1 Å². The van der Waals surface area contributed by atoms with Gasteiger partial charge in [-0.3, -0.25) is 19.3 Å². The van der Waals surface area contributed by atoms with Crippen molar-refractivity contribution in [2.75, 3.05) is 10.2 Å². The molecule has 0 bridgehead atoms. The third-order valence-electron chi connectivity index (χ3n) is 6.94. The number of amides is 3. The Morgan fingerprint density at radius 2 is 1.36 bits per heavy atom. The van der Waals surface area contributed by atoms with Crippen LogP contribution in [0.2, 0.25) is 0 Å². The summed E-state index contributed by atoms with van der Waals surface area (Å²) in [5.74, 6) is -1.93. The molecule has 196 valence electrons. The van der Waals surface area contributed by atoms with Crippen LogP contribution < -0.4 is 10.2 Å². The van der Waals surface area contributed by atoms with Gasteiger partial charge in [-0.1, -0.05) is 54.1 Å². The molecule has 2 aliphatic heterocycles. The second-order valence-electron chi connectivity index (χ2n) is 9.67. The van der Waals surface area contributed by atoms with Gasteiger partial charge in [0.25, 0.3) is 0 Å². The summed E-state index contributed by atoms with van der Waals surface area (Å²) < 4.78 is 34.8. The Morgan fingerprint density at radius 1 is 0.769 bits per heavy atom. The fourth-order valence-electron chi connectivity index (χ4n) is 4.85. The fraction of sp³-hybridized carbons (Fsp3) is 0.182. The van der Waals surface area contributed by atoms with Crippen molar-refractivity contribution in [2.24, 2.45) is 0 Å². The molecule has 39 heavy (non-hydrogen) atoms. The van der Waals surface area contributed by atoms with Gasteiger partial charge in [0.05, 0.1) is 5.69 Å². The molecule has 2 heterocycles. The number of hydrogen-bond donors (Lipinski definition) is 1. The Morgan fingerprint density at radius 3 is 2.05 bits per heavy atom. The van der Waals surface area contributed by atoms with Crippen LogP contribution in [0.1, 0.15) is 40.5 Å². The van der Waals surface area contributed by atoms with Crippen LogP contribution in [0.5, 0.6) is 0 Å². The maximum Gasteiger partial charge on any atom is 0.234 e. The molecule has 0 atom stereocenters. The number of halogens is 1. The number of carbonyl (C=O) groups excluding carboxylic acids is 3. The lowest BCUT2D eigenvalue weighted by Gasteiger charge is -2.27. The standard InChI is InChI=1S/C17H14FNO2.C16H15NO/c1-11(20)19-16-8-4-13(10-14(16)5-9-17(19)21)12-2-6-15(18)7-3-12;1-11-2-4-12(5-3-11)13-6-8-15-14(10-13)7-9-16(18)17-15/h2-4,6-8,10H,5,9H2,1H3;2-6,8,10H,7,9H2,1H3,(H,17,18)/i1D3;. The van der Waals surface area contributed by atoms with Crippen LogP contribution in [0.25, 0.3) is 22.3 Å². The van der Waals surface area contributed by atoms with Crippen LogP contribution in [0.4, 0.5) is 15.8 Å². The van der Waals surface area contributed by atoms with Gasteiger partial charge in [0.2, 0.25) is 17.7 Å². The maximum absolute atomic E-state index is 13.0. The molecule has 0 fully saturated rings. The summed E-state index contributed by atoms with van der Waals surface area (Å²) in [5, 5.41) is 2.91. The quantitative estimate of drug-likeness (QED) is 0.312. The first-order valence-electron chi connectivity index (χ1n) is 14.3. The predicted octanol–water partition coefficient (Wildman–Crippen LogP) is 6.87. The van der Waals surface area contributed by atoms with E-state index in [1.54, 1.807) is 30.3 Å². The molecule has 3 amide bonds. The summed E-state index contributed by atoms with van der Waals surface area (Å²) in [6.45, 7) is -0.786. The largest absolute Gasteiger partial charge is 0.326 e. The molecule has 1 N–H and O–H groups in total. The molecule has 0 saturated carbocycles. The molecule has 2 aliphatic rings. The second-order valence-corrected chi connectivity index (χ2v) is 9.67. The number of fused-ring (bicyclic) bond motifs is 2. The zero-order valence-electron chi connectivity index (χ0n) is 24.5. The Bertz CT molecular complexity index is 1670. The van der Waals surface area contributed by atoms with E-state index >= 15 is 0 Å². The molecule has 0 spiro atoms. The second kappa shape index (κ2) is 11.0. The van der Waals surface area contributed by atoms with Gasteiger partial charge in [-0.25, -0.2) is 4.39 Å². The Hall–Kier alpha value is -4.58. The monoisotopic (exact) mass is 523 g/mol. The molecule has 5 nitrogen and oxygen atoms in total. The summed E-state index contributed by atoms with van der Waals surface area (Å²) in [4.78, 5) is 36.2. The SMILES string of the molecule is Cc1ccc(-c2ccc3c(c2)CCC(=O)N3)cc1.[2H]C([2H])([2H])C(=O)N1C(=O)CCc2cc(-c3ccc(F)cc3)ccc21. The van der Waals surface area contributed by atoms with Crippen molar-refractivity contribution in [1.82, 2.24) is 0 Å². The summed E-state index contributed by atoms with van der Waals surface area (Å²) in [6.07, 6.45) is 1.92. The van der Waals surface area contributed by atoms with Crippen LogP contribution in [0.15, 0.2) is 84.9 Å². The number of benzene rings is 4. The van der Waals surface area contributed by atoms with Crippen molar-refractivity contribution in [3.63, 3.8) is 0 Å². The number of carbonyl (C=O) groups is 3. The molecule has 0 unspecified atom stereocenters. The van der Waals surface area contributed by atoms with Crippen molar-refractivity contribution in [1.29, 1.82) is 0 Å². The fourth-order valence-corrected chi connectivity index (χ4v) is 4.85.